The second kappa shape index (κ2) is 7.51. The van der Waals surface area contributed by atoms with Crippen LogP contribution < -0.4 is 4.83 Å². The van der Waals surface area contributed by atoms with E-state index in [-0.39, 0.29) is 17.3 Å². The Kier molecular flexibility index (Phi) is 5.31. The van der Waals surface area contributed by atoms with Crippen molar-refractivity contribution in [1.29, 1.82) is 0 Å². The zero-order valence-corrected chi connectivity index (χ0v) is 15.7. The fourth-order valence-electron chi connectivity index (χ4n) is 2.95. The maximum Gasteiger partial charge on any atom is 0.374 e. The highest BCUT2D eigenvalue weighted by Gasteiger charge is 2.29. The third-order valence-electron chi connectivity index (χ3n) is 4.21. The van der Waals surface area contributed by atoms with Crippen molar-refractivity contribution in [3.8, 4) is 0 Å². The maximum atomic E-state index is 13.0. The van der Waals surface area contributed by atoms with Gasteiger partial charge in [-0.3, -0.25) is 0 Å². The van der Waals surface area contributed by atoms with Gasteiger partial charge in [0.2, 0.25) is 5.76 Å². The van der Waals surface area contributed by atoms with E-state index in [9.17, 15) is 17.6 Å². The number of rotatable bonds is 5. The first-order valence-corrected chi connectivity index (χ1v) is 9.95. The molecular formula is C18H19FN2O5S. The van der Waals surface area contributed by atoms with Crippen molar-refractivity contribution in [2.75, 3.05) is 6.61 Å². The van der Waals surface area contributed by atoms with Crippen molar-refractivity contribution in [3.63, 3.8) is 0 Å². The van der Waals surface area contributed by atoms with Gasteiger partial charge < -0.3 is 9.15 Å². The molecule has 0 atom stereocenters. The number of esters is 1. The van der Waals surface area contributed by atoms with E-state index in [1.165, 1.54) is 0 Å². The molecule has 0 bridgehead atoms. The van der Waals surface area contributed by atoms with Gasteiger partial charge >= 0.3 is 5.97 Å². The summed E-state index contributed by atoms with van der Waals surface area (Å²) in [5.41, 5.74) is 1.69. The number of nitrogens with zero attached hydrogens (tertiary/aromatic N) is 1. The smallest absolute Gasteiger partial charge is 0.374 e. The standard InChI is InChI=1S/C18H19FN2O5S/c1-3-25-18(22)17-11(2)16-14(5-4-6-15(16)26-17)20-21-27(23,24)13-9-7-12(19)8-10-13/h7-10,21H,3-6H2,1-2H3/b20-14+. The Morgan fingerprint density at radius 3 is 2.67 bits per heavy atom. The third-order valence-corrected chi connectivity index (χ3v) is 5.44. The monoisotopic (exact) mass is 394 g/mol. The molecule has 0 saturated carbocycles. The van der Waals surface area contributed by atoms with E-state index in [0.29, 0.717) is 41.9 Å². The minimum absolute atomic E-state index is 0.0968. The average Bonchev–Trinajstić information content (AvgIpc) is 2.98. The molecule has 0 radical (unpaired) electrons. The normalized spacial score (nSPS) is 15.4. The molecule has 0 saturated heterocycles. The predicted molar refractivity (Wildman–Crippen MR) is 95.6 cm³/mol. The Bertz CT molecular complexity index is 994. The first kappa shape index (κ1) is 19.1. The number of furan rings is 1. The Morgan fingerprint density at radius 2 is 2.00 bits per heavy atom. The van der Waals surface area contributed by atoms with E-state index in [2.05, 4.69) is 9.93 Å². The summed E-state index contributed by atoms with van der Waals surface area (Å²) < 4.78 is 48.3. The molecule has 27 heavy (non-hydrogen) atoms. The van der Waals surface area contributed by atoms with Crippen molar-refractivity contribution in [2.45, 2.75) is 38.0 Å². The molecule has 1 aliphatic carbocycles. The van der Waals surface area contributed by atoms with Gasteiger partial charge in [-0.15, -0.1) is 0 Å². The molecule has 1 heterocycles. The van der Waals surface area contributed by atoms with Gasteiger partial charge in [0, 0.05) is 17.5 Å². The van der Waals surface area contributed by atoms with Gasteiger partial charge in [-0.2, -0.15) is 18.4 Å². The van der Waals surface area contributed by atoms with Crippen LogP contribution in [0.2, 0.25) is 0 Å². The van der Waals surface area contributed by atoms with Crippen LogP contribution in [0.15, 0.2) is 38.7 Å². The molecule has 9 heteroatoms. The number of hydrogen-bond acceptors (Lipinski definition) is 6. The van der Waals surface area contributed by atoms with Crippen LogP contribution >= 0.6 is 0 Å². The number of ether oxygens (including phenoxy) is 1. The van der Waals surface area contributed by atoms with E-state index in [0.717, 1.165) is 24.3 Å². The molecule has 2 aromatic rings. The van der Waals surface area contributed by atoms with Crippen LogP contribution in [-0.2, 0) is 21.2 Å². The maximum absolute atomic E-state index is 13.0. The highest BCUT2D eigenvalue weighted by Crippen LogP contribution is 2.30. The van der Waals surface area contributed by atoms with Gasteiger partial charge in [0.25, 0.3) is 10.0 Å². The highest BCUT2D eigenvalue weighted by atomic mass is 32.2. The van der Waals surface area contributed by atoms with E-state index in [1.807, 2.05) is 0 Å². The van der Waals surface area contributed by atoms with Gasteiger partial charge in [-0.25, -0.2) is 9.18 Å². The molecule has 1 N–H and O–H groups in total. The van der Waals surface area contributed by atoms with Crippen LogP contribution in [0.3, 0.4) is 0 Å². The number of hydrazone groups is 1. The van der Waals surface area contributed by atoms with Crippen molar-refractivity contribution >= 4 is 21.7 Å². The quantitative estimate of drug-likeness (QED) is 0.621. The van der Waals surface area contributed by atoms with Gasteiger partial charge in [0.15, 0.2) is 0 Å². The molecule has 1 aromatic carbocycles. The van der Waals surface area contributed by atoms with Crippen LogP contribution in [0.5, 0.6) is 0 Å². The Labute approximate surface area is 156 Å². The summed E-state index contributed by atoms with van der Waals surface area (Å²) in [5, 5.41) is 4.05. The minimum Gasteiger partial charge on any atom is -0.460 e. The third kappa shape index (κ3) is 3.87. The van der Waals surface area contributed by atoms with E-state index >= 15 is 0 Å². The molecule has 144 valence electrons. The predicted octanol–water partition coefficient (Wildman–Crippen LogP) is 2.92. The second-order valence-electron chi connectivity index (χ2n) is 6.04. The molecule has 0 spiro atoms. The minimum atomic E-state index is -3.94. The van der Waals surface area contributed by atoms with Gasteiger partial charge in [-0.1, -0.05) is 0 Å². The lowest BCUT2D eigenvalue weighted by Crippen LogP contribution is -2.22. The summed E-state index contributed by atoms with van der Waals surface area (Å²) in [6.45, 7) is 3.64. The number of halogens is 1. The molecule has 0 unspecified atom stereocenters. The molecule has 7 nitrogen and oxygen atoms in total. The fourth-order valence-corrected chi connectivity index (χ4v) is 3.78. The summed E-state index contributed by atoms with van der Waals surface area (Å²) in [4.78, 5) is 14.1. The number of carbonyl (C=O) groups is 1. The molecule has 0 amide bonds. The molecule has 0 aliphatic heterocycles. The van der Waals surface area contributed by atoms with Crippen LogP contribution in [0.25, 0.3) is 0 Å². The van der Waals surface area contributed by atoms with E-state index in [4.69, 9.17) is 9.15 Å². The van der Waals surface area contributed by atoms with E-state index < -0.39 is 21.8 Å². The fraction of sp³-hybridized carbons (Fsp3) is 0.333. The second-order valence-corrected chi connectivity index (χ2v) is 7.70. The Hall–Kier alpha value is -2.68. The summed E-state index contributed by atoms with van der Waals surface area (Å²) in [5.74, 6) is -0.396. The molecule has 1 aliphatic rings. The highest BCUT2D eigenvalue weighted by molar-refractivity contribution is 7.89. The number of nitrogens with one attached hydrogen (secondary N) is 1. The zero-order chi connectivity index (χ0) is 19.6. The number of fused-ring (bicyclic) bond motifs is 1. The molecule has 0 fully saturated rings. The summed E-state index contributed by atoms with van der Waals surface area (Å²) in [7, 11) is -3.94. The van der Waals surface area contributed by atoms with Crippen molar-refractivity contribution < 1.29 is 26.8 Å². The number of carbonyl (C=O) groups excluding carboxylic acids is 1. The summed E-state index contributed by atoms with van der Waals surface area (Å²) in [6.07, 6.45) is 1.86. The van der Waals surface area contributed by atoms with Gasteiger partial charge in [0.05, 0.1) is 17.2 Å². The lowest BCUT2D eigenvalue weighted by molar-refractivity contribution is 0.0487. The van der Waals surface area contributed by atoms with Crippen molar-refractivity contribution in [1.82, 2.24) is 4.83 Å². The molecular weight excluding hydrogens is 375 g/mol. The number of sulfonamides is 1. The first-order valence-electron chi connectivity index (χ1n) is 8.47. The number of aryl methyl sites for hydroxylation is 1. The van der Waals surface area contributed by atoms with Gasteiger partial charge in [-0.05, 0) is 51.0 Å². The van der Waals surface area contributed by atoms with E-state index in [1.54, 1.807) is 13.8 Å². The van der Waals surface area contributed by atoms with Gasteiger partial charge in [0.1, 0.15) is 11.6 Å². The van der Waals surface area contributed by atoms with Crippen LogP contribution in [0.4, 0.5) is 4.39 Å². The number of benzene rings is 1. The summed E-state index contributed by atoms with van der Waals surface area (Å²) in [6, 6.07) is 4.44. The SMILES string of the molecule is CCOC(=O)c1oc2c(c1C)/C(=N/NS(=O)(=O)c1ccc(F)cc1)CCC2. The largest absolute Gasteiger partial charge is 0.460 e. The lowest BCUT2D eigenvalue weighted by Gasteiger charge is -2.14. The first-order chi connectivity index (χ1) is 12.8. The Balaban J connectivity index is 1.91. The average molecular weight is 394 g/mol. The molecule has 3 rings (SSSR count). The lowest BCUT2D eigenvalue weighted by atomic mass is 9.93. The number of hydrogen-bond donors (Lipinski definition) is 1. The van der Waals surface area contributed by atoms with Crippen molar-refractivity contribution in [3.05, 3.63) is 52.7 Å². The van der Waals surface area contributed by atoms with Crippen LogP contribution in [-0.4, -0.2) is 26.7 Å². The Morgan fingerprint density at radius 1 is 1.30 bits per heavy atom. The molecule has 1 aromatic heterocycles. The topological polar surface area (TPSA) is 98.0 Å². The summed E-state index contributed by atoms with van der Waals surface area (Å²) >= 11 is 0. The van der Waals surface area contributed by atoms with Crippen LogP contribution in [0, 0.1) is 12.7 Å². The van der Waals surface area contributed by atoms with Crippen LogP contribution in [0.1, 0.15) is 47.2 Å². The van der Waals surface area contributed by atoms with Crippen molar-refractivity contribution in [2.24, 2.45) is 5.10 Å². The zero-order valence-electron chi connectivity index (χ0n) is 14.9.